The summed E-state index contributed by atoms with van der Waals surface area (Å²) < 4.78 is 11.3. The van der Waals surface area contributed by atoms with E-state index in [9.17, 15) is 4.79 Å². The molecule has 1 aliphatic rings. The van der Waals surface area contributed by atoms with Crippen LogP contribution in [0.3, 0.4) is 0 Å². The third-order valence-corrected chi connectivity index (χ3v) is 5.17. The molecule has 0 unspecified atom stereocenters. The van der Waals surface area contributed by atoms with Gasteiger partial charge in [0.25, 0.3) is 5.91 Å². The van der Waals surface area contributed by atoms with Gasteiger partial charge < -0.3 is 9.15 Å². The van der Waals surface area contributed by atoms with Gasteiger partial charge in [0.2, 0.25) is 0 Å². The molecule has 0 N–H and O–H groups in total. The molecule has 0 aliphatic carbocycles. The standard InChI is InChI=1S/C23H21ClN2O3/c1-15-5-8-17(9-6-15)19-13-20(21-4-3-11-28-21)26(25-19)23(27)14-29-22-12-16(2)7-10-18(22)24/h3-12,20H,13-14H2,1-2H3/t20-/m0/s1. The lowest BCUT2D eigenvalue weighted by molar-refractivity contribution is -0.135. The summed E-state index contributed by atoms with van der Waals surface area (Å²) in [5.41, 5.74) is 4.01. The van der Waals surface area contributed by atoms with Gasteiger partial charge in [-0.15, -0.1) is 0 Å². The van der Waals surface area contributed by atoms with Gasteiger partial charge >= 0.3 is 0 Å². The van der Waals surface area contributed by atoms with Crippen molar-refractivity contribution < 1.29 is 13.9 Å². The van der Waals surface area contributed by atoms with Gasteiger partial charge in [-0.1, -0.05) is 47.5 Å². The largest absolute Gasteiger partial charge is 0.482 e. The summed E-state index contributed by atoms with van der Waals surface area (Å²) in [5, 5.41) is 6.53. The molecule has 0 saturated carbocycles. The molecule has 5 nitrogen and oxygen atoms in total. The number of carbonyl (C=O) groups is 1. The highest BCUT2D eigenvalue weighted by Crippen LogP contribution is 2.33. The molecule has 1 atom stereocenters. The van der Waals surface area contributed by atoms with Crippen LogP contribution in [0.15, 0.2) is 70.4 Å². The van der Waals surface area contributed by atoms with Crippen LogP contribution in [0.4, 0.5) is 0 Å². The number of ether oxygens (including phenoxy) is 1. The molecule has 3 aromatic rings. The van der Waals surface area contributed by atoms with Gasteiger partial charge in [0.05, 0.1) is 17.0 Å². The maximum atomic E-state index is 13.0. The van der Waals surface area contributed by atoms with E-state index in [1.165, 1.54) is 10.6 Å². The Bertz CT molecular complexity index is 1040. The molecule has 4 rings (SSSR count). The number of amides is 1. The first kappa shape index (κ1) is 19.3. The Morgan fingerprint density at radius 2 is 1.93 bits per heavy atom. The van der Waals surface area contributed by atoms with Crippen LogP contribution in [0.5, 0.6) is 5.75 Å². The Balaban J connectivity index is 1.56. The summed E-state index contributed by atoms with van der Waals surface area (Å²) in [5.74, 6) is 0.917. The van der Waals surface area contributed by atoms with Crippen LogP contribution in [0, 0.1) is 13.8 Å². The number of hydrogen-bond donors (Lipinski definition) is 0. The fourth-order valence-corrected chi connectivity index (χ4v) is 3.46. The number of rotatable bonds is 5. The quantitative estimate of drug-likeness (QED) is 0.575. The Kier molecular flexibility index (Phi) is 5.41. The molecule has 1 aromatic heterocycles. The van der Waals surface area contributed by atoms with Crippen LogP contribution in [0.2, 0.25) is 5.02 Å². The number of hydrogen-bond acceptors (Lipinski definition) is 4. The predicted molar refractivity (Wildman–Crippen MR) is 112 cm³/mol. The van der Waals surface area contributed by atoms with Crippen molar-refractivity contribution in [2.75, 3.05) is 6.61 Å². The van der Waals surface area contributed by atoms with Crippen molar-refractivity contribution >= 4 is 23.2 Å². The van der Waals surface area contributed by atoms with Crippen molar-refractivity contribution in [2.45, 2.75) is 26.3 Å². The molecule has 2 aromatic carbocycles. The summed E-state index contributed by atoms with van der Waals surface area (Å²) in [6.45, 7) is 3.82. The van der Waals surface area contributed by atoms with E-state index >= 15 is 0 Å². The van der Waals surface area contributed by atoms with E-state index in [-0.39, 0.29) is 18.6 Å². The lowest BCUT2D eigenvalue weighted by atomic mass is 10.0. The van der Waals surface area contributed by atoms with Gasteiger partial charge in [0.1, 0.15) is 17.6 Å². The second-order valence-corrected chi connectivity index (χ2v) is 7.52. The lowest BCUT2D eigenvalue weighted by Gasteiger charge is -2.20. The van der Waals surface area contributed by atoms with Gasteiger partial charge in [-0.2, -0.15) is 5.10 Å². The third kappa shape index (κ3) is 4.20. The predicted octanol–water partition coefficient (Wildman–Crippen LogP) is 5.31. The Morgan fingerprint density at radius 1 is 1.17 bits per heavy atom. The summed E-state index contributed by atoms with van der Waals surface area (Å²) in [4.78, 5) is 13.0. The average molecular weight is 409 g/mol. The van der Waals surface area contributed by atoms with Crippen molar-refractivity contribution in [3.8, 4) is 5.75 Å². The second-order valence-electron chi connectivity index (χ2n) is 7.11. The van der Waals surface area contributed by atoms with Crippen molar-refractivity contribution in [3.63, 3.8) is 0 Å². The highest BCUT2D eigenvalue weighted by atomic mass is 35.5. The molecule has 0 spiro atoms. The summed E-state index contributed by atoms with van der Waals surface area (Å²) >= 11 is 6.17. The number of nitrogens with zero attached hydrogens (tertiary/aromatic N) is 2. The third-order valence-electron chi connectivity index (χ3n) is 4.86. The van der Waals surface area contributed by atoms with Crippen molar-refractivity contribution in [1.82, 2.24) is 5.01 Å². The van der Waals surface area contributed by atoms with Gasteiger partial charge in [-0.3, -0.25) is 4.79 Å². The van der Waals surface area contributed by atoms with Crippen LogP contribution in [-0.2, 0) is 4.79 Å². The first-order valence-electron chi connectivity index (χ1n) is 9.40. The minimum atomic E-state index is -0.301. The van der Waals surface area contributed by atoms with Gasteiger partial charge in [-0.25, -0.2) is 5.01 Å². The molecule has 6 heteroatoms. The van der Waals surface area contributed by atoms with E-state index in [0.717, 1.165) is 16.8 Å². The molecule has 0 fully saturated rings. The zero-order valence-electron chi connectivity index (χ0n) is 16.3. The molecule has 0 radical (unpaired) electrons. The molecular formula is C23H21ClN2O3. The van der Waals surface area contributed by atoms with E-state index in [4.69, 9.17) is 20.8 Å². The maximum Gasteiger partial charge on any atom is 0.281 e. The minimum absolute atomic E-state index is 0.162. The first-order chi connectivity index (χ1) is 14.0. The number of benzene rings is 2. The van der Waals surface area contributed by atoms with E-state index in [2.05, 4.69) is 5.10 Å². The van der Waals surface area contributed by atoms with Crippen molar-refractivity contribution in [1.29, 1.82) is 0 Å². The van der Waals surface area contributed by atoms with E-state index < -0.39 is 0 Å². The highest BCUT2D eigenvalue weighted by molar-refractivity contribution is 6.32. The number of aryl methyl sites for hydroxylation is 2. The van der Waals surface area contributed by atoms with Gasteiger partial charge in [-0.05, 0) is 49.2 Å². The highest BCUT2D eigenvalue weighted by Gasteiger charge is 2.35. The summed E-state index contributed by atoms with van der Waals surface area (Å²) in [6, 6.07) is 16.9. The molecule has 0 bridgehead atoms. The Labute approximate surface area is 174 Å². The zero-order chi connectivity index (χ0) is 20.4. The summed E-state index contributed by atoms with van der Waals surface area (Å²) in [6.07, 6.45) is 2.18. The van der Waals surface area contributed by atoms with Gasteiger partial charge in [0, 0.05) is 6.42 Å². The normalized spacial score (nSPS) is 16.0. The lowest BCUT2D eigenvalue weighted by Crippen LogP contribution is -2.31. The van der Waals surface area contributed by atoms with Crippen LogP contribution in [-0.4, -0.2) is 23.2 Å². The van der Waals surface area contributed by atoms with E-state index in [1.807, 2.05) is 62.4 Å². The molecule has 29 heavy (non-hydrogen) atoms. The van der Waals surface area contributed by atoms with Crippen LogP contribution in [0.1, 0.15) is 34.9 Å². The number of hydrazone groups is 1. The topological polar surface area (TPSA) is 55.0 Å². The molecule has 2 heterocycles. The van der Waals surface area contributed by atoms with E-state index in [1.54, 1.807) is 12.3 Å². The maximum absolute atomic E-state index is 13.0. The molecule has 148 valence electrons. The summed E-state index contributed by atoms with van der Waals surface area (Å²) in [7, 11) is 0. The van der Waals surface area contributed by atoms with E-state index in [0.29, 0.717) is 23.0 Å². The Morgan fingerprint density at radius 3 is 2.66 bits per heavy atom. The fraction of sp³-hybridized carbons (Fsp3) is 0.217. The SMILES string of the molecule is Cc1ccc(C2=NN(C(=O)COc3cc(C)ccc3Cl)[C@H](c3ccco3)C2)cc1. The van der Waals surface area contributed by atoms with Crippen LogP contribution < -0.4 is 4.74 Å². The second kappa shape index (κ2) is 8.13. The molecular weight excluding hydrogens is 388 g/mol. The smallest absolute Gasteiger partial charge is 0.281 e. The Hall–Kier alpha value is -3.05. The minimum Gasteiger partial charge on any atom is -0.482 e. The number of furan rings is 1. The van der Waals surface area contributed by atoms with Crippen LogP contribution in [0.25, 0.3) is 0 Å². The molecule has 0 saturated heterocycles. The number of halogens is 1. The molecule has 1 aliphatic heterocycles. The number of carbonyl (C=O) groups excluding carboxylic acids is 1. The average Bonchev–Trinajstić information content (AvgIpc) is 3.38. The fourth-order valence-electron chi connectivity index (χ4n) is 3.29. The molecule has 1 amide bonds. The first-order valence-corrected chi connectivity index (χ1v) is 9.78. The monoisotopic (exact) mass is 408 g/mol. The van der Waals surface area contributed by atoms with Crippen molar-refractivity contribution in [2.24, 2.45) is 5.10 Å². The zero-order valence-corrected chi connectivity index (χ0v) is 17.0. The van der Waals surface area contributed by atoms with Gasteiger partial charge in [0.15, 0.2) is 6.61 Å². The van der Waals surface area contributed by atoms with Crippen molar-refractivity contribution in [3.05, 3.63) is 88.3 Å². The van der Waals surface area contributed by atoms with Crippen LogP contribution >= 0.6 is 11.6 Å².